The molecule has 0 fully saturated rings. The van der Waals surface area contributed by atoms with Crippen LogP contribution in [0.1, 0.15) is 15.9 Å². The fraction of sp³-hybridized carbons (Fsp3) is 0.143. The molecule has 0 aliphatic heterocycles. The summed E-state index contributed by atoms with van der Waals surface area (Å²) in [6, 6.07) is 6.59. The molecule has 0 spiro atoms. The van der Waals surface area contributed by atoms with Crippen molar-refractivity contribution in [3.63, 3.8) is 0 Å². The third kappa shape index (κ3) is 3.00. The molecule has 104 valence electrons. The Morgan fingerprint density at radius 2 is 2.15 bits per heavy atom. The molecule has 0 saturated carbocycles. The number of benzene rings is 1. The van der Waals surface area contributed by atoms with Crippen molar-refractivity contribution in [2.24, 2.45) is 0 Å². The summed E-state index contributed by atoms with van der Waals surface area (Å²) in [5, 5.41) is 2.93. The highest BCUT2D eigenvalue weighted by molar-refractivity contribution is 6.32. The highest BCUT2D eigenvalue weighted by atomic mass is 35.5. The summed E-state index contributed by atoms with van der Waals surface area (Å²) < 4.78 is 5.15. The molecule has 0 aliphatic carbocycles. The molecule has 5 nitrogen and oxygen atoms in total. The molecule has 0 aliphatic rings. The summed E-state index contributed by atoms with van der Waals surface area (Å²) in [5.41, 5.74) is 7.85. The summed E-state index contributed by atoms with van der Waals surface area (Å²) in [7, 11) is 1.49. The molecule has 0 bridgehead atoms. The van der Waals surface area contributed by atoms with Gasteiger partial charge in [0.25, 0.3) is 5.91 Å². The van der Waals surface area contributed by atoms with Crippen LogP contribution < -0.4 is 15.8 Å². The number of carbonyl (C=O) groups excluding carboxylic acids is 1. The number of ether oxygens (including phenoxy) is 1. The molecule has 1 amide bonds. The molecular weight excluding hydrogens is 278 g/mol. The highest BCUT2D eigenvalue weighted by Gasteiger charge is 2.14. The lowest BCUT2D eigenvalue weighted by Crippen LogP contribution is -2.14. The van der Waals surface area contributed by atoms with Crippen molar-refractivity contribution < 1.29 is 9.53 Å². The highest BCUT2D eigenvalue weighted by Crippen LogP contribution is 2.25. The van der Waals surface area contributed by atoms with Crippen LogP contribution in [0.2, 0.25) is 5.15 Å². The van der Waals surface area contributed by atoms with Crippen molar-refractivity contribution in [3.05, 3.63) is 46.7 Å². The number of nitrogens with one attached hydrogen (secondary N) is 1. The maximum atomic E-state index is 12.3. The Balaban J connectivity index is 2.32. The van der Waals surface area contributed by atoms with Gasteiger partial charge in [0, 0.05) is 11.9 Å². The van der Waals surface area contributed by atoms with E-state index < -0.39 is 0 Å². The van der Waals surface area contributed by atoms with Crippen LogP contribution in [0.15, 0.2) is 30.5 Å². The number of nitrogen functional groups attached to an aromatic ring is 1. The first kappa shape index (κ1) is 14.1. The number of halogens is 1. The SMILES string of the molecule is COc1ccc(N)cc1C(=O)Nc1cc(C)cnc1Cl. The van der Waals surface area contributed by atoms with Crippen LogP contribution in [-0.4, -0.2) is 18.0 Å². The van der Waals surface area contributed by atoms with Crippen LogP contribution in [0.25, 0.3) is 0 Å². The molecule has 0 atom stereocenters. The quantitative estimate of drug-likeness (QED) is 0.673. The van der Waals surface area contributed by atoms with Crippen molar-refractivity contribution in [2.45, 2.75) is 6.92 Å². The predicted octanol–water partition coefficient (Wildman–Crippen LogP) is 2.89. The molecular formula is C14H14ClN3O2. The zero-order valence-electron chi connectivity index (χ0n) is 11.1. The molecule has 2 aromatic rings. The first-order valence-electron chi connectivity index (χ1n) is 5.88. The topological polar surface area (TPSA) is 77.2 Å². The smallest absolute Gasteiger partial charge is 0.259 e. The van der Waals surface area contributed by atoms with Crippen LogP contribution in [0.4, 0.5) is 11.4 Å². The lowest BCUT2D eigenvalue weighted by Gasteiger charge is -2.11. The van der Waals surface area contributed by atoms with Crippen LogP contribution in [0, 0.1) is 6.92 Å². The predicted molar refractivity (Wildman–Crippen MR) is 79.3 cm³/mol. The number of rotatable bonds is 3. The van der Waals surface area contributed by atoms with Gasteiger partial charge in [-0.25, -0.2) is 4.98 Å². The maximum Gasteiger partial charge on any atom is 0.259 e. The molecule has 2 rings (SSSR count). The Morgan fingerprint density at radius 1 is 1.40 bits per heavy atom. The molecule has 1 heterocycles. The van der Waals surface area contributed by atoms with Crippen LogP contribution in [-0.2, 0) is 0 Å². The van der Waals surface area contributed by atoms with Crippen LogP contribution in [0.5, 0.6) is 5.75 Å². The Kier molecular flexibility index (Phi) is 4.10. The largest absolute Gasteiger partial charge is 0.496 e. The summed E-state index contributed by atoms with van der Waals surface area (Å²) in [4.78, 5) is 16.3. The number of nitrogens with zero attached hydrogens (tertiary/aromatic N) is 1. The fourth-order valence-corrected chi connectivity index (χ4v) is 1.88. The average Bonchev–Trinajstić information content (AvgIpc) is 2.42. The van der Waals surface area contributed by atoms with E-state index in [9.17, 15) is 4.79 Å². The number of anilines is 2. The summed E-state index contributed by atoms with van der Waals surface area (Å²) in [5.74, 6) is 0.0804. The number of hydrogen-bond donors (Lipinski definition) is 2. The second kappa shape index (κ2) is 5.79. The van der Waals surface area contributed by atoms with Gasteiger partial charge in [0.15, 0.2) is 5.15 Å². The van der Waals surface area contributed by atoms with Gasteiger partial charge in [-0.05, 0) is 36.8 Å². The molecule has 0 saturated heterocycles. The number of carbonyl (C=O) groups is 1. The zero-order chi connectivity index (χ0) is 14.7. The third-order valence-electron chi connectivity index (χ3n) is 2.69. The Labute approximate surface area is 121 Å². The van der Waals surface area contributed by atoms with Gasteiger partial charge in [-0.1, -0.05) is 11.6 Å². The Bertz CT molecular complexity index is 659. The van der Waals surface area contributed by atoms with Gasteiger partial charge < -0.3 is 15.8 Å². The minimum Gasteiger partial charge on any atom is -0.496 e. The van der Waals surface area contributed by atoms with E-state index in [0.29, 0.717) is 22.7 Å². The van der Waals surface area contributed by atoms with E-state index >= 15 is 0 Å². The number of hydrogen-bond acceptors (Lipinski definition) is 4. The second-order valence-corrected chi connectivity index (χ2v) is 4.62. The average molecular weight is 292 g/mol. The Hall–Kier alpha value is -2.27. The molecule has 6 heteroatoms. The summed E-state index contributed by atoms with van der Waals surface area (Å²) in [6.45, 7) is 1.86. The van der Waals surface area contributed by atoms with E-state index in [0.717, 1.165) is 5.56 Å². The molecule has 1 aromatic carbocycles. The number of aromatic nitrogens is 1. The van der Waals surface area contributed by atoms with E-state index in [2.05, 4.69) is 10.3 Å². The van der Waals surface area contributed by atoms with Gasteiger partial charge in [-0.3, -0.25) is 4.79 Å². The normalized spacial score (nSPS) is 10.2. The minimum atomic E-state index is -0.358. The van der Waals surface area contributed by atoms with E-state index in [-0.39, 0.29) is 11.1 Å². The maximum absolute atomic E-state index is 12.3. The van der Waals surface area contributed by atoms with Gasteiger partial charge in [0.2, 0.25) is 0 Å². The van der Waals surface area contributed by atoms with E-state index in [1.54, 1.807) is 30.5 Å². The summed E-state index contributed by atoms with van der Waals surface area (Å²) >= 11 is 5.95. The first-order valence-corrected chi connectivity index (χ1v) is 6.26. The number of pyridine rings is 1. The van der Waals surface area contributed by atoms with Crippen molar-refractivity contribution >= 4 is 28.9 Å². The molecule has 3 N–H and O–H groups in total. The zero-order valence-corrected chi connectivity index (χ0v) is 11.9. The van der Waals surface area contributed by atoms with Gasteiger partial charge in [0.05, 0.1) is 18.4 Å². The number of methoxy groups -OCH3 is 1. The Morgan fingerprint density at radius 3 is 2.85 bits per heavy atom. The standard InChI is InChI=1S/C14H14ClN3O2/c1-8-5-11(13(15)17-7-8)18-14(19)10-6-9(16)3-4-12(10)20-2/h3-7H,16H2,1-2H3,(H,18,19). The first-order chi connectivity index (χ1) is 9.51. The number of nitrogens with two attached hydrogens (primary N) is 1. The van der Waals surface area contributed by atoms with Crippen LogP contribution >= 0.6 is 11.6 Å². The summed E-state index contributed by atoms with van der Waals surface area (Å²) in [6.07, 6.45) is 1.62. The third-order valence-corrected chi connectivity index (χ3v) is 2.99. The van der Waals surface area contributed by atoms with Gasteiger partial charge in [-0.15, -0.1) is 0 Å². The molecule has 1 aromatic heterocycles. The van der Waals surface area contributed by atoms with Crippen molar-refractivity contribution in [1.29, 1.82) is 0 Å². The monoisotopic (exact) mass is 291 g/mol. The van der Waals surface area contributed by atoms with Crippen molar-refractivity contribution in [3.8, 4) is 5.75 Å². The fourth-order valence-electron chi connectivity index (χ4n) is 1.73. The second-order valence-electron chi connectivity index (χ2n) is 4.26. The molecule has 0 radical (unpaired) electrons. The lowest BCUT2D eigenvalue weighted by molar-refractivity contribution is 0.102. The van der Waals surface area contributed by atoms with E-state index in [4.69, 9.17) is 22.1 Å². The number of aryl methyl sites for hydroxylation is 1. The van der Waals surface area contributed by atoms with Gasteiger partial charge >= 0.3 is 0 Å². The molecule has 20 heavy (non-hydrogen) atoms. The lowest BCUT2D eigenvalue weighted by atomic mass is 10.1. The van der Waals surface area contributed by atoms with E-state index in [1.165, 1.54) is 7.11 Å². The van der Waals surface area contributed by atoms with Crippen molar-refractivity contribution in [1.82, 2.24) is 4.98 Å². The van der Waals surface area contributed by atoms with Crippen LogP contribution in [0.3, 0.4) is 0 Å². The number of amides is 1. The minimum absolute atomic E-state index is 0.229. The van der Waals surface area contributed by atoms with Gasteiger partial charge in [0.1, 0.15) is 5.75 Å². The van der Waals surface area contributed by atoms with Crippen molar-refractivity contribution in [2.75, 3.05) is 18.2 Å². The molecule has 0 unspecified atom stereocenters. The van der Waals surface area contributed by atoms with Gasteiger partial charge in [-0.2, -0.15) is 0 Å². The van der Waals surface area contributed by atoms with E-state index in [1.807, 2.05) is 6.92 Å².